The van der Waals surface area contributed by atoms with Gasteiger partial charge in [0.25, 0.3) is 11.1 Å². The third-order valence-corrected chi connectivity index (χ3v) is 5.81. The second-order valence-electron chi connectivity index (χ2n) is 7.26. The van der Waals surface area contributed by atoms with Crippen molar-refractivity contribution in [1.29, 1.82) is 0 Å². The van der Waals surface area contributed by atoms with Crippen LogP contribution < -0.4 is 9.47 Å². The molecule has 1 saturated heterocycles. The highest BCUT2D eigenvalue weighted by atomic mass is 35.5. The first kappa shape index (κ1) is 25.0. The minimum absolute atomic E-state index is 0.158. The van der Waals surface area contributed by atoms with Crippen LogP contribution in [0, 0.1) is 0 Å². The van der Waals surface area contributed by atoms with E-state index in [9.17, 15) is 14.4 Å². The van der Waals surface area contributed by atoms with Crippen LogP contribution in [-0.2, 0) is 20.9 Å². The maximum Gasteiger partial charge on any atom is 0.326 e. The Morgan fingerprint density at radius 3 is 2.48 bits per heavy atom. The van der Waals surface area contributed by atoms with E-state index in [-0.39, 0.29) is 22.6 Å². The normalized spacial score (nSPS) is 14.8. The Bertz CT molecular complexity index is 1100. The summed E-state index contributed by atoms with van der Waals surface area (Å²) in [6.45, 7) is 3.18. The van der Waals surface area contributed by atoms with Gasteiger partial charge in [0.05, 0.1) is 23.1 Å². The van der Waals surface area contributed by atoms with Crippen LogP contribution in [0.2, 0.25) is 10.0 Å². The molecule has 3 rings (SSSR count). The van der Waals surface area contributed by atoms with Crippen molar-refractivity contribution in [1.82, 2.24) is 4.90 Å². The molecule has 0 aromatic heterocycles. The molecule has 0 saturated carbocycles. The average Bonchev–Trinajstić information content (AvgIpc) is 3.00. The van der Waals surface area contributed by atoms with Gasteiger partial charge < -0.3 is 14.2 Å². The van der Waals surface area contributed by atoms with Gasteiger partial charge in [-0.3, -0.25) is 19.3 Å². The molecule has 0 N–H and O–H groups in total. The largest absolute Gasteiger partial charge is 0.493 e. The Balaban J connectivity index is 1.77. The Labute approximate surface area is 205 Å². The smallest absolute Gasteiger partial charge is 0.326 e. The predicted octanol–water partition coefficient (Wildman–Crippen LogP) is 5.57. The number of imide groups is 1. The molecule has 33 heavy (non-hydrogen) atoms. The SMILES string of the molecule is COc1cc(/C=C2/SC(=O)N(CC(=O)OC(C)C)C2=O)cc(Cl)c1OCc1ccc(Cl)cc1. The second-order valence-corrected chi connectivity index (χ2v) is 9.09. The van der Waals surface area contributed by atoms with E-state index in [2.05, 4.69) is 0 Å². The molecule has 7 nitrogen and oxygen atoms in total. The van der Waals surface area contributed by atoms with E-state index in [0.717, 1.165) is 22.2 Å². The lowest BCUT2D eigenvalue weighted by Gasteiger charge is -2.14. The van der Waals surface area contributed by atoms with Crippen LogP contribution in [0.15, 0.2) is 41.3 Å². The number of carbonyl (C=O) groups is 3. The van der Waals surface area contributed by atoms with Crippen molar-refractivity contribution in [2.24, 2.45) is 0 Å². The highest BCUT2D eigenvalue weighted by Crippen LogP contribution is 2.39. The highest BCUT2D eigenvalue weighted by molar-refractivity contribution is 8.18. The van der Waals surface area contributed by atoms with Crippen molar-refractivity contribution in [2.45, 2.75) is 26.6 Å². The first-order chi connectivity index (χ1) is 15.7. The number of halogens is 2. The lowest BCUT2D eigenvalue weighted by Crippen LogP contribution is -2.35. The Morgan fingerprint density at radius 1 is 1.15 bits per heavy atom. The Morgan fingerprint density at radius 2 is 1.85 bits per heavy atom. The molecular weight excluding hydrogens is 489 g/mol. The predicted molar refractivity (Wildman–Crippen MR) is 128 cm³/mol. The average molecular weight is 510 g/mol. The summed E-state index contributed by atoms with van der Waals surface area (Å²) in [6.07, 6.45) is 1.17. The molecule has 0 unspecified atom stereocenters. The standard InChI is InChI=1S/C23H21Cl2NO6S/c1-13(2)32-20(27)11-26-22(28)19(33-23(26)29)10-15-8-17(25)21(18(9-15)30-3)31-12-14-4-6-16(24)7-5-14/h4-10,13H,11-12H2,1-3H3/b19-10+. The zero-order chi connectivity index (χ0) is 24.1. The van der Waals surface area contributed by atoms with Crippen LogP contribution in [0.1, 0.15) is 25.0 Å². The summed E-state index contributed by atoms with van der Waals surface area (Å²) in [5.74, 6) is -0.525. The number of hydrogen-bond donors (Lipinski definition) is 0. The zero-order valence-electron chi connectivity index (χ0n) is 18.1. The van der Waals surface area contributed by atoms with Crippen LogP contribution in [-0.4, -0.2) is 41.8 Å². The zero-order valence-corrected chi connectivity index (χ0v) is 20.4. The third kappa shape index (κ3) is 6.43. The van der Waals surface area contributed by atoms with Gasteiger partial charge in [-0.05, 0) is 67.1 Å². The summed E-state index contributed by atoms with van der Waals surface area (Å²) in [5, 5.41) is 0.349. The minimum Gasteiger partial charge on any atom is -0.493 e. The van der Waals surface area contributed by atoms with Crippen molar-refractivity contribution >= 4 is 58.2 Å². The van der Waals surface area contributed by atoms with Gasteiger partial charge in [0.1, 0.15) is 13.2 Å². The number of methoxy groups -OCH3 is 1. The second kappa shape index (κ2) is 11.0. The number of benzene rings is 2. The number of nitrogens with zero attached hydrogens (tertiary/aromatic N) is 1. The monoisotopic (exact) mass is 509 g/mol. The number of ether oxygens (including phenoxy) is 3. The Kier molecular flexibility index (Phi) is 8.29. The van der Waals surface area contributed by atoms with E-state index >= 15 is 0 Å². The van der Waals surface area contributed by atoms with Crippen molar-refractivity contribution in [3.05, 3.63) is 62.5 Å². The fourth-order valence-corrected chi connectivity index (χ4v) is 4.15. The molecule has 0 spiro atoms. The van der Waals surface area contributed by atoms with Gasteiger partial charge >= 0.3 is 5.97 Å². The van der Waals surface area contributed by atoms with E-state index in [4.69, 9.17) is 37.4 Å². The molecule has 2 amide bonds. The van der Waals surface area contributed by atoms with Crippen LogP contribution in [0.3, 0.4) is 0 Å². The molecule has 174 valence electrons. The molecule has 2 aromatic carbocycles. The molecule has 2 aromatic rings. The molecule has 0 atom stereocenters. The first-order valence-electron chi connectivity index (χ1n) is 9.87. The maximum atomic E-state index is 12.6. The van der Waals surface area contributed by atoms with Gasteiger partial charge in [0, 0.05) is 5.02 Å². The summed E-state index contributed by atoms with van der Waals surface area (Å²) < 4.78 is 16.3. The quantitative estimate of drug-likeness (QED) is 0.339. The number of hydrogen-bond acceptors (Lipinski definition) is 7. The van der Waals surface area contributed by atoms with E-state index in [0.29, 0.717) is 22.1 Å². The molecule has 1 aliphatic rings. The van der Waals surface area contributed by atoms with Gasteiger partial charge in [0.15, 0.2) is 11.5 Å². The summed E-state index contributed by atoms with van der Waals surface area (Å²) >= 11 is 13.1. The number of thioether (sulfide) groups is 1. The number of esters is 1. The van der Waals surface area contributed by atoms with E-state index < -0.39 is 23.7 Å². The van der Waals surface area contributed by atoms with Gasteiger partial charge in [-0.1, -0.05) is 35.3 Å². The fraction of sp³-hybridized carbons (Fsp3) is 0.261. The van der Waals surface area contributed by atoms with Gasteiger partial charge in [-0.2, -0.15) is 0 Å². The minimum atomic E-state index is -0.652. The number of carbonyl (C=O) groups excluding carboxylic acids is 3. The summed E-state index contributed by atoms with van der Waals surface area (Å²) in [6, 6.07) is 10.4. The summed E-state index contributed by atoms with van der Waals surface area (Å²) in [7, 11) is 1.47. The van der Waals surface area contributed by atoms with Crippen LogP contribution in [0.5, 0.6) is 11.5 Å². The van der Waals surface area contributed by atoms with Gasteiger partial charge in [-0.15, -0.1) is 0 Å². The number of rotatable bonds is 8. The van der Waals surface area contributed by atoms with Crippen LogP contribution >= 0.6 is 35.0 Å². The maximum absolute atomic E-state index is 12.6. The van der Waals surface area contributed by atoms with Crippen LogP contribution in [0.25, 0.3) is 6.08 Å². The molecule has 10 heteroatoms. The fourth-order valence-electron chi connectivity index (χ4n) is 2.92. The van der Waals surface area contributed by atoms with E-state index in [1.807, 2.05) is 12.1 Å². The lowest BCUT2D eigenvalue weighted by atomic mass is 10.1. The molecule has 1 aliphatic heterocycles. The van der Waals surface area contributed by atoms with Crippen molar-refractivity contribution in [3.63, 3.8) is 0 Å². The topological polar surface area (TPSA) is 82.1 Å². The lowest BCUT2D eigenvalue weighted by molar-refractivity contribution is -0.149. The molecule has 1 heterocycles. The first-order valence-corrected chi connectivity index (χ1v) is 11.4. The summed E-state index contributed by atoms with van der Waals surface area (Å²) in [4.78, 5) is 37.7. The van der Waals surface area contributed by atoms with Gasteiger partial charge in [0.2, 0.25) is 0 Å². The third-order valence-electron chi connectivity index (χ3n) is 4.37. The Hall–Kier alpha value is -2.68. The molecular formula is C23H21Cl2NO6S. The van der Waals surface area contributed by atoms with Crippen molar-refractivity contribution in [3.8, 4) is 11.5 Å². The number of amides is 2. The molecule has 0 aliphatic carbocycles. The molecule has 0 bridgehead atoms. The molecule has 0 radical (unpaired) electrons. The van der Waals surface area contributed by atoms with Crippen molar-refractivity contribution < 1.29 is 28.6 Å². The summed E-state index contributed by atoms with van der Waals surface area (Å²) in [5.41, 5.74) is 1.43. The van der Waals surface area contributed by atoms with Crippen molar-refractivity contribution in [2.75, 3.05) is 13.7 Å². The highest BCUT2D eigenvalue weighted by Gasteiger charge is 2.36. The van der Waals surface area contributed by atoms with E-state index in [1.54, 1.807) is 38.1 Å². The van der Waals surface area contributed by atoms with Crippen LogP contribution in [0.4, 0.5) is 4.79 Å². The van der Waals surface area contributed by atoms with E-state index in [1.165, 1.54) is 13.2 Å². The molecule has 1 fully saturated rings. The van der Waals surface area contributed by atoms with Gasteiger partial charge in [-0.25, -0.2) is 0 Å².